The average molecular weight is 489 g/mol. The van der Waals surface area contributed by atoms with E-state index >= 15 is 0 Å². The molecule has 10 heteroatoms. The first kappa shape index (κ1) is 22.5. The first-order chi connectivity index (χ1) is 15.0. The maximum Gasteiger partial charge on any atom is 0.262 e. The molecule has 0 aliphatic heterocycles. The Labute approximate surface area is 189 Å². The lowest BCUT2D eigenvalue weighted by molar-refractivity contribution is -0.118. The number of methoxy groups -OCH3 is 1. The van der Waals surface area contributed by atoms with Crippen LogP contribution in [0.15, 0.2) is 40.9 Å². The number of carbonyl (C=O) groups excluding carboxylic acids is 1. The van der Waals surface area contributed by atoms with E-state index in [2.05, 4.69) is 49.0 Å². The maximum absolute atomic E-state index is 12.2. The first-order valence-electron chi connectivity index (χ1n) is 9.86. The number of hydrogen-bond donors (Lipinski definition) is 2. The molecular formula is C21H25BrN6O3. The Balaban J connectivity index is 1.62. The fraction of sp³-hybridized carbons (Fsp3) is 0.333. The lowest BCUT2D eigenvalue weighted by Crippen LogP contribution is -2.20. The molecule has 164 valence electrons. The van der Waals surface area contributed by atoms with Crippen molar-refractivity contribution in [2.24, 2.45) is 0 Å². The number of aromatic nitrogens is 4. The predicted molar refractivity (Wildman–Crippen MR) is 121 cm³/mol. The third kappa shape index (κ3) is 6.17. The molecule has 31 heavy (non-hydrogen) atoms. The normalized spacial score (nSPS) is 10.6. The van der Waals surface area contributed by atoms with Gasteiger partial charge in [0.1, 0.15) is 0 Å². The topological polar surface area (TPSA) is 103 Å². The van der Waals surface area contributed by atoms with Crippen molar-refractivity contribution in [3.05, 3.63) is 52.0 Å². The minimum Gasteiger partial charge on any atom is -0.493 e. The van der Waals surface area contributed by atoms with E-state index in [1.807, 2.05) is 43.3 Å². The molecular weight excluding hydrogens is 464 g/mol. The molecule has 0 aliphatic carbocycles. The molecule has 2 N–H and O–H groups in total. The number of halogens is 1. The average Bonchev–Trinajstić information content (AvgIpc) is 3.20. The van der Waals surface area contributed by atoms with Crippen LogP contribution in [-0.2, 0) is 17.9 Å². The Bertz CT molecular complexity index is 1020. The molecule has 0 unspecified atom stereocenters. The number of benzene rings is 2. The van der Waals surface area contributed by atoms with Crippen LogP contribution in [0, 0.1) is 6.92 Å². The molecule has 3 rings (SSSR count). The van der Waals surface area contributed by atoms with Gasteiger partial charge in [-0.25, -0.2) is 4.68 Å². The van der Waals surface area contributed by atoms with Crippen molar-refractivity contribution in [2.75, 3.05) is 24.4 Å². The fourth-order valence-electron chi connectivity index (χ4n) is 2.86. The van der Waals surface area contributed by atoms with E-state index in [0.717, 1.165) is 29.8 Å². The smallest absolute Gasteiger partial charge is 0.262 e. The van der Waals surface area contributed by atoms with Gasteiger partial charge < -0.3 is 20.1 Å². The Hall–Kier alpha value is -3.14. The summed E-state index contributed by atoms with van der Waals surface area (Å²) in [5.41, 5.74) is 2.78. The summed E-state index contributed by atoms with van der Waals surface area (Å²) < 4.78 is 13.6. The summed E-state index contributed by atoms with van der Waals surface area (Å²) in [6, 6.07) is 11.3. The molecule has 1 amide bonds. The number of carbonyl (C=O) groups is 1. The first-order valence-corrected chi connectivity index (χ1v) is 10.6. The van der Waals surface area contributed by atoms with Gasteiger partial charge in [0.2, 0.25) is 5.95 Å². The number of amides is 1. The van der Waals surface area contributed by atoms with Crippen LogP contribution in [0.25, 0.3) is 0 Å². The highest BCUT2D eigenvalue weighted by atomic mass is 79.9. The van der Waals surface area contributed by atoms with Crippen LogP contribution in [0.3, 0.4) is 0 Å². The molecule has 3 aromatic rings. The highest BCUT2D eigenvalue weighted by Crippen LogP contribution is 2.36. The zero-order valence-corrected chi connectivity index (χ0v) is 19.3. The van der Waals surface area contributed by atoms with E-state index in [1.165, 1.54) is 0 Å². The second kappa shape index (κ2) is 10.8. The second-order valence-corrected chi connectivity index (χ2v) is 7.75. The lowest BCUT2D eigenvalue weighted by Gasteiger charge is -2.15. The fourth-order valence-corrected chi connectivity index (χ4v) is 3.47. The molecule has 0 saturated carbocycles. The van der Waals surface area contributed by atoms with Crippen molar-refractivity contribution in [3.63, 3.8) is 0 Å². The Morgan fingerprint density at radius 2 is 2.00 bits per heavy atom. The third-order valence-electron chi connectivity index (χ3n) is 4.39. The van der Waals surface area contributed by atoms with E-state index in [1.54, 1.807) is 11.8 Å². The summed E-state index contributed by atoms with van der Waals surface area (Å²) in [5, 5.41) is 17.7. The summed E-state index contributed by atoms with van der Waals surface area (Å²) >= 11 is 3.51. The zero-order valence-electron chi connectivity index (χ0n) is 17.7. The highest BCUT2D eigenvalue weighted by molar-refractivity contribution is 9.10. The Kier molecular flexibility index (Phi) is 7.82. The number of nitrogens with one attached hydrogen (secondary N) is 2. The standard InChI is InChI=1S/C21H25BrN6O3/c1-4-9-28-21(25-26-27-28)23-12-15-10-17(22)20(18(11-15)30-3)31-13-19(29)24-16-7-5-14(2)6-8-16/h5-8,10-11H,4,9,12-13H2,1-3H3,(H,24,29)(H,23,25,27). The number of ether oxygens (including phenoxy) is 2. The number of tetrazole rings is 1. The Morgan fingerprint density at radius 3 is 2.71 bits per heavy atom. The minimum atomic E-state index is -0.258. The van der Waals surface area contributed by atoms with Crippen molar-refractivity contribution in [1.29, 1.82) is 0 Å². The molecule has 0 aliphatic rings. The van der Waals surface area contributed by atoms with Crippen molar-refractivity contribution < 1.29 is 14.3 Å². The van der Waals surface area contributed by atoms with Crippen LogP contribution in [0.5, 0.6) is 11.5 Å². The van der Waals surface area contributed by atoms with Gasteiger partial charge in [-0.2, -0.15) is 0 Å². The zero-order chi connectivity index (χ0) is 22.2. The molecule has 2 aromatic carbocycles. The van der Waals surface area contributed by atoms with Crippen LogP contribution in [0.1, 0.15) is 24.5 Å². The van der Waals surface area contributed by atoms with Gasteiger partial charge in [0.05, 0.1) is 11.6 Å². The SMILES string of the molecule is CCCn1nnnc1NCc1cc(Br)c(OCC(=O)Nc2ccc(C)cc2)c(OC)c1. The van der Waals surface area contributed by atoms with Gasteiger partial charge >= 0.3 is 0 Å². The lowest BCUT2D eigenvalue weighted by atomic mass is 10.2. The summed E-state index contributed by atoms with van der Waals surface area (Å²) in [5.74, 6) is 1.32. The van der Waals surface area contributed by atoms with E-state index < -0.39 is 0 Å². The molecule has 0 spiro atoms. The number of anilines is 2. The number of aryl methyl sites for hydroxylation is 2. The van der Waals surface area contributed by atoms with Gasteiger partial charge in [-0.1, -0.05) is 29.7 Å². The van der Waals surface area contributed by atoms with Gasteiger partial charge in [-0.3, -0.25) is 4.79 Å². The quantitative estimate of drug-likeness (QED) is 0.447. The van der Waals surface area contributed by atoms with Crippen LogP contribution in [-0.4, -0.2) is 39.8 Å². The van der Waals surface area contributed by atoms with Crippen LogP contribution in [0.2, 0.25) is 0 Å². The number of hydrogen-bond acceptors (Lipinski definition) is 7. The van der Waals surface area contributed by atoms with Gasteiger partial charge in [-0.05, 0) is 69.5 Å². The second-order valence-electron chi connectivity index (χ2n) is 6.89. The predicted octanol–water partition coefficient (Wildman–Crippen LogP) is 3.79. The van der Waals surface area contributed by atoms with Gasteiger partial charge in [0.25, 0.3) is 5.91 Å². The minimum absolute atomic E-state index is 0.147. The molecule has 1 aromatic heterocycles. The largest absolute Gasteiger partial charge is 0.493 e. The summed E-state index contributed by atoms with van der Waals surface area (Å²) in [4.78, 5) is 12.2. The maximum atomic E-state index is 12.2. The monoisotopic (exact) mass is 488 g/mol. The van der Waals surface area contributed by atoms with Crippen molar-refractivity contribution >= 4 is 33.5 Å². The number of rotatable bonds is 10. The molecule has 1 heterocycles. The molecule has 0 radical (unpaired) electrons. The molecule has 0 saturated heterocycles. The molecule has 0 atom stereocenters. The van der Waals surface area contributed by atoms with Crippen LogP contribution in [0.4, 0.5) is 11.6 Å². The molecule has 0 fully saturated rings. The van der Waals surface area contributed by atoms with Crippen molar-refractivity contribution in [3.8, 4) is 11.5 Å². The molecule has 0 bridgehead atoms. The Morgan fingerprint density at radius 1 is 1.23 bits per heavy atom. The van der Waals surface area contributed by atoms with Gasteiger partial charge in [-0.15, -0.1) is 0 Å². The van der Waals surface area contributed by atoms with E-state index in [0.29, 0.717) is 28.5 Å². The van der Waals surface area contributed by atoms with E-state index in [4.69, 9.17) is 9.47 Å². The van der Waals surface area contributed by atoms with Crippen molar-refractivity contribution in [2.45, 2.75) is 33.4 Å². The summed E-state index contributed by atoms with van der Waals surface area (Å²) in [6.07, 6.45) is 0.933. The summed E-state index contributed by atoms with van der Waals surface area (Å²) in [7, 11) is 1.56. The third-order valence-corrected chi connectivity index (χ3v) is 4.98. The van der Waals surface area contributed by atoms with E-state index in [9.17, 15) is 4.79 Å². The van der Waals surface area contributed by atoms with Crippen molar-refractivity contribution in [1.82, 2.24) is 20.2 Å². The summed E-state index contributed by atoms with van der Waals surface area (Å²) in [6.45, 7) is 5.14. The van der Waals surface area contributed by atoms with Crippen LogP contribution >= 0.6 is 15.9 Å². The highest BCUT2D eigenvalue weighted by Gasteiger charge is 2.14. The molecule has 9 nitrogen and oxygen atoms in total. The van der Waals surface area contributed by atoms with Gasteiger partial charge in [0.15, 0.2) is 18.1 Å². The number of nitrogens with zero attached hydrogens (tertiary/aromatic N) is 4. The van der Waals surface area contributed by atoms with Gasteiger partial charge in [0, 0.05) is 18.8 Å². The van der Waals surface area contributed by atoms with Crippen LogP contribution < -0.4 is 20.1 Å². The van der Waals surface area contributed by atoms with E-state index in [-0.39, 0.29) is 12.5 Å².